The first kappa shape index (κ1) is 14.8. The van der Waals surface area contributed by atoms with Gasteiger partial charge in [-0.2, -0.15) is 13.2 Å². The van der Waals surface area contributed by atoms with E-state index in [4.69, 9.17) is 4.74 Å². The second-order valence-electron chi connectivity index (χ2n) is 5.42. The highest BCUT2D eigenvalue weighted by molar-refractivity contribution is 4.93. The largest absolute Gasteiger partial charge is 0.391 e. The summed E-state index contributed by atoms with van der Waals surface area (Å²) >= 11 is 0. The molecule has 1 aliphatic rings. The van der Waals surface area contributed by atoms with E-state index in [2.05, 4.69) is 19.2 Å². The molecule has 0 aliphatic heterocycles. The zero-order valence-electron chi connectivity index (χ0n) is 10.7. The van der Waals surface area contributed by atoms with Gasteiger partial charge >= 0.3 is 6.18 Å². The SMILES string of the molecule is CNC1C(OCCC(F)(F)F)CCCC1(C)C. The minimum Gasteiger partial charge on any atom is -0.376 e. The fourth-order valence-electron chi connectivity index (χ4n) is 2.67. The van der Waals surface area contributed by atoms with Crippen LogP contribution in [0.3, 0.4) is 0 Å². The summed E-state index contributed by atoms with van der Waals surface area (Å²) in [4.78, 5) is 0. The molecule has 17 heavy (non-hydrogen) atoms. The highest BCUT2D eigenvalue weighted by Gasteiger charge is 2.39. The van der Waals surface area contributed by atoms with Crippen LogP contribution in [0, 0.1) is 5.41 Å². The highest BCUT2D eigenvalue weighted by atomic mass is 19.4. The van der Waals surface area contributed by atoms with E-state index >= 15 is 0 Å². The molecule has 2 nitrogen and oxygen atoms in total. The monoisotopic (exact) mass is 253 g/mol. The summed E-state index contributed by atoms with van der Waals surface area (Å²) in [6, 6.07) is 0.129. The number of ether oxygens (including phenoxy) is 1. The van der Waals surface area contributed by atoms with Crippen molar-refractivity contribution in [3.05, 3.63) is 0 Å². The lowest BCUT2D eigenvalue weighted by atomic mass is 9.72. The molecule has 0 aromatic rings. The molecule has 5 heteroatoms. The molecular weight excluding hydrogens is 231 g/mol. The van der Waals surface area contributed by atoms with Crippen molar-refractivity contribution in [2.24, 2.45) is 5.41 Å². The van der Waals surface area contributed by atoms with Crippen molar-refractivity contribution in [2.75, 3.05) is 13.7 Å². The fourth-order valence-corrected chi connectivity index (χ4v) is 2.67. The zero-order chi connectivity index (χ0) is 13.1. The van der Waals surface area contributed by atoms with Gasteiger partial charge in [0.1, 0.15) is 0 Å². The van der Waals surface area contributed by atoms with E-state index in [1.54, 1.807) is 0 Å². The highest BCUT2D eigenvalue weighted by Crippen LogP contribution is 2.37. The van der Waals surface area contributed by atoms with Gasteiger partial charge in [0.25, 0.3) is 0 Å². The average Bonchev–Trinajstić information content (AvgIpc) is 2.14. The predicted octanol–water partition coefficient (Wildman–Crippen LogP) is 3.12. The van der Waals surface area contributed by atoms with Gasteiger partial charge in [0.15, 0.2) is 0 Å². The molecule has 0 aromatic carbocycles. The van der Waals surface area contributed by atoms with E-state index in [1.807, 2.05) is 7.05 Å². The van der Waals surface area contributed by atoms with Crippen molar-refractivity contribution < 1.29 is 17.9 Å². The van der Waals surface area contributed by atoms with Gasteiger partial charge in [-0.3, -0.25) is 0 Å². The number of rotatable bonds is 4. The molecule has 0 amide bonds. The Balaban J connectivity index is 2.46. The minimum atomic E-state index is -4.13. The van der Waals surface area contributed by atoms with Crippen LogP contribution in [0.5, 0.6) is 0 Å². The van der Waals surface area contributed by atoms with Crippen LogP contribution in [-0.4, -0.2) is 32.0 Å². The predicted molar refractivity (Wildman–Crippen MR) is 60.9 cm³/mol. The molecule has 102 valence electrons. The first-order valence-corrected chi connectivity index (χ1v) is 6.12. The van der Waals surface area contributed by atoms with Crippen molar-refractivity contribution in [3.63, 3.8) is 0 Å². The van der Waals surface area contributed by atoms with E-state index in [-0.39, 0.29) is 24.2 Å². The van der Waals surface area contributed by atoms with E-state index in [9.17, 15) is 13.2 Å². The van der Waals surface area contributed by atoms with Crippen LogP contribution in [0.15, 0.2) is 0 Å². The minimum absolute atomic E-state index is 0.0793. The third-order valence-corrected chi connectivity index (χ3v) is 3.55. The molecule has 1 rings (SSSR count). The number of likely N-dealkylation sites (N-methyl/N-ethyl adjacent to an activating group) is 1. The molecule has 0 aromatic heterocycles. The Labute approximate surface area is 101 Å². The molecule has 1 fully saturated rings. The molecule has 0 saturated heterocycles. The lowest BCUT2D eigenvalue weighted by Gasteiger charge is -2.43. The van der Waals surface area contributed by atoms with Crippen molar-refractivity contribution >= 4 is 0 Å². The summed E-state index contributed by atoms with van der Waals surface area (Å²) in [6.07, 6.45) is -2.16. The van der Waals surface area contributed by atoms with Crippen LogP contribution < -0.4 is 5.32 Å². The summed E-state index contributed by atoms with van der Waals surface area (Å²) in [5.41, 5.74) is 0.0793. The number of nitrogens with one attached hydrogen (secondary N) is 1. The fraction of sp³-hybridized carbons (Fsp3) is 1.00. The molecule has 1 aliphatic carbocycles. The number of alkyl halides is 3. The number of hydrogen-bond acceptors (Lipinski definition) is 2. The maximum absolute atomic E-state index is 12.0. The van der Waals surface area contributed by atoms with Crippen LogP contribution >= 0.6 is 0 Å². The van der Waals surface area contributed by atoms with Crippen molar-refractivity contribution in [3.8, 4) is 0 Å². The van der Waals surface area contributed by atoms with Gasteiger partial charge in [0.2, 0.25) is 0 Å². The topological polar surface area (TPSA) is 21.3 Å². The van der Waals surface area contributed by atoms with Gasteiger partial charge in [0.05, 0.1) is 19.1 Å². The number of halogens is 3. The molecule has 1 N–H and O–H groups in total. The van der Waals surface area contributed by atoms with E-state index in [0.29, 0.717) is 0 Å². The third kappa shape index (κ3) is 4.47. The van der Waals surface area contributed by atoms with Crippen LogP contribution in [0.4, 0.5) is 13.2 Å². The Hall–Kier alpha value is -0.290. The molecule has 1 saturated carbocycles. The smallest absolute Gasteiger partial charge is 0.376 e. The Bertz CT molecular complexity index is 240. The maximum Gasteiger partial charge on any atom is 0.391 e. The Morgan fingerprint density at radius 3 is 2.53 bits per heavy atom. The lowest BCUT2D eigenvalue weighted by Crippen LogP contribution is -2.52. The molecule has 0 bridgehead atoms. The van der Waals surface area contributed by atoms with Crippen LogP contribution in [0.25, 0.3) is 0 Å². The molecule has 0 spiro atoms. The first-order valence-electron chi connectivity index (χ1n) is 6.12. The summed E-state index contributed by atoms with van der Waals surface area (Å²) in [5, 5.41) is 3.19. The summed E-state index contributed by atoms with van der Waals surface area (Å²) in [5.74, 6) is 0. The normalized spacial score (nSPS) is 29.3. The summed E-state index contributed by atoms with van der Waals surface area (Å²) in [6.45, 7) is 4.03. The summed E-state index contributed by atoms with van der Waals surface area (Å²) in [7, 11) is 1.85. The van der Waals surface area contributed by atoms with E-state index in [1.165, 1.54) is 0 Å². The van der Waals surface area contributed by atoms with Gasteiger partial charge in [-0.25, -0.2) is 0 Å². The van der Waals surface area contributed by atoms with Crippen LogP contribution in [0.2, 0.25) is 0 Å². The Morgan fingerprint density at radius 2 is 2.00 bits per heavy atom. The van der Waals surface area contributed by atoms with E-state index in [0.717, 1.165) is 19.3 Å². The van der Waals surface area contributed by atoms with E-state index < -0.39 is 12.6 Å². The molecule has 2 atom stereocenters. The zero-order valence-corrected chi connectivity index (χ0v) is 10.7. The molecule has 0 heterocycles. The summed E-state index contributed by atoms with van der Waals surface area (Å²) < 4.78 is 41.6. The van der Waals surface area contributed by atoms with Crippen molar-refractivity contribution in [2.45, 2.75) is 57.9 Å². The maximum atomic E-state index is 12.0. The first-order chi connectivity index (χ1) is 7.76. The van der Waals surface area contributed by atoms with Gasteiger partial charge < -0.3 is 10.1 Å². The van der Waals surface area contributed by atoms with Gasteiger partial charge in [-0.15, -0.1) is 0 Å². The molecular formula is C12H22F3NO. The van der Waals surface area contributed by atoms with Crippen LogP contribution in [-0.2, 0) is 4.74 Å². The van der Waals surface area contributed by atoms with Gasteiger partial charge in [-0.1, -0.05) is 20.3 Å². The number of hydrogen-bond donors (Lipinski definition) is 1. The Kier molecular flexibility index (Phi) is 4.84. The molecule has 0 radical (unpaired) electrons. The average molecular weight is 253 g/mol. The Morgan fingerprint density at radius 1 is 1.35 bits per heavy atom. The third-order valence-electron chi connectivity index (χ3n) is 3.55. The van der Waals surface area contributed by atoms with Crippen molar-refractivity contribution in [1.29, 1.82) is 0 Å². The van der Waals surface area contributed by atoms with Crippen molar-refractivity contribution in [1.82, 2.24) is 5.32 Å². The quantitative estimate of drug-likeness (QED) is 0.831. The van der Waals surface area contributed by atoms with Gasteiger partial charge in [0, 0.05) is 6.04 Å². The van der Waals surface area contributed by atoms with Gasteiger partial charge in [-0.05, 0) is 25.3 Å². The second-order valence-corrected chi connectivity index (χ2v) is 5.42. The standard InChI is InChI=1S/C12H22F3NO/c1-11(2)6-4-5-9(10(11)16-3)17-8-7-12(13,14)15/h9-10,16H,4-8H2,1-3H3. The molecule has 2 unspecified atom stereocenters. The lowest BCUT2D eigenvalue weighted by molar-refractivity contribution is -0.153. The second kappa shape index (κ2) is 5.57. The van der Waals surface area contributed by atoms with Crippen LogP contribution in [0.1, 0.15) is 39.5 Å².